The third-order valence-electron chi connectivity index (χ3n) is 2.54. The molecule has 0 saturated carbocycles. The number of phenols is 1. The lowest BCUT2D eigenvalue weighted by Crippen LogP contribution is -2.13. The van der Waals surface area contributed by atoms with E-state index in [2.05, 4.69) is 4.72 Å². The zero-order valence-electron chi connectivity index (χ0n) is 9.79. The van der Waals surface area contributed by atoms with Crippen molar-refractivity contribution < 1.29 is 13.5 Å². The third-order valence-corrected chi connectivity index (χ3v) is 3.91. The first kappa shape index (κ1) is 12.4. The molecule has 4 nitrogen and oxygen atoms in total. The van der Waals surface area contributed by atoms with Gasteiger partial charge in [-0.1, -0.05) is 30.3 Å². The van der Waals surface area contributed by atoms with E-state index in [1.54, 1.807) is 37.3 Å². The summed E-state index contributed by atoms with van der Waals surface area (Å²) in [6.45, 7) is 1.72. The van der Waals surface area contributed by atoms with Crippen LogP contribution in [0, 0.1) is 6.92 Å². The molecule has 0 aliphatic carbocycles. The summed E-state index contributed by atoms with van der Waals surface area (Å²) in [7, 11) is -3.67. The summed E-state index contributed by atoms with van der Waals surface area (Å²) in [6, 6.07) is 12.8. The van der Waals surface area contributed by atoms with Gasteiger partial charge in [0.05, 0.1) is 10.6 Å². The molecule has 0 fully saturated rings. The van der Waals surface area contributed by atoms with E-state index < -0.39 is 10.0 Å². The molecular weight excluding hydrogens is 250 g/mol. The second-order valence-corrected chi connectivity index (χ2v) is 5.57. The highest BCUT2D eigenvalue weighted by Crippen LogP contribution is 2.28. The van der Waals surface area contributed by atoms with Gasteiger partial charge in [-0.15, -0.1) is 0 Å². The molecule has 0 heterocycles. The minimum atomic E-state index is -3.67. The Morgan fingerprint density at radius 3 is 2.28 bits per heavy atom. The average Bonchev–Trinajstić information content (AvgIpc) is 2.35. The van der Waals surface area contributed by atoms with Gasteiger partial charge in [0.2, 0.25) is 0 Å². The number of rotatable bonds is 3. The molecule has 0 unspecified atom stereocenters. The number of phenolic OH excluding ortho intramolecular Hbond substituents is 1. The van der Waals surface area contributed by atoms with Crippen molar-refractivity contribution in [3.63, 3.8) is 0 Å². The number of aryl methyl sites for hydroxylation is 1. The van der Waals surface area contributed by atoms with Crippen LogP contribution in [0.15, 0.2) is 53.4 Å². The first-order valence-corrected chi connectivity index (χ1v) is 6.85. The van der Waals surface area contributed by atoms with Gasteiger partial charge in [-0.25, -0.2) is 8.42 Å². The molecule has 0 saturated heterocycles. The monoisotopic (exact) mass is 263 g/mol. The van der Waals surface area contributed by atoms with Crippen molar-refractivity contribution in [2.24, 2.45) is 0 Å². The number of benzene rings is 2. The van der Waals surface area contributed by atoms with Crippen LogP contribution in [-0.2, 0) is 10.0 Å². The molecule has 2 N–H and O–H groups in total. The molecule has 2 aromatic rings. The molecule has 0 amide bonds. The summed E-state index contributed by atoms with van der Waals surface area (Å²) in [5.41, 5.74) is 0.871. The van der Waals surface area contributed by atoms with Gasteiger partial charge in [0, 0.05) is 0 Å². The first-order chi connectivity index (χ1) is 8.50. The Hall–Kier alpha value is -2.01. The molecular formula is C13H13NO3S. The van der Waals surface area contributed by atoms with Crippen LogP contribution in [0.3, 0.4) is 0 Å². The van der Waals surface area contributed by atoms with Gasteiger partial charge in [-0.2, -0.15) is 0 Å². The topological polar surface area (TPSA) is 66.4 Å². The number of nitrogens with one attached hydrogen (secondary N) is 1. The Balaban J connectivity index is 2.41. The van der Waals surface area contributed by atoms with Gasteiger partial charge in [0.25, 0.3) is 10.0 Å². The zero-order valence-corrected chi connectivity index (χ0v) is 10.6. The molecule has 18 heavy (non-hydrogen) atoms. The number of anilines is 1. The van der Waals surface area contributed by atoms with Crippen LogP contribution < -0.4 is 4.72 Å². The van der Waals surface area contributed by atoms with Gasteiger partial charge >= 0.3 is 0 Å². The fourth-order valence-corrected chi connectivity index (χ4v) is 2.75. The van der Waals surface area contributed by atoms with E-state index in [9.17, 15) is 13.5 Å². The number of hydrogen-bond acceptors (Lipinski definition) is 3. The molecule has 0 bridgehead atoms. The first-order valence-electron chi connectivity index (χ1n) is 5.37. The van der Waals surface area contributed by atoms with Crippen LogP contribution in [0.25, 0.3) is 0 Å². The number of aromatic hydroxyl groups is 1. The number of hydrogen-bond donors (Lipinski definition) is 2. The van der Waals surface area contributed by atoms with Crippen molar-refractivity contribution in [1.82, 2.24) is 0 Å². The molecule has 0 radical (unpaired) electrons. The summed E-state index contributed by atoms with van der Waals surface area (Å²) in [5, 5.41) is 9.67. The zero-order chi connectivity index (χ0) is 13.2. The fraction of sp³-hybridized carbons (Fsp3) is 0.0769. The summed E-state index contributed by atoms with van der Waals surface area (Å²) in [5.74, 6) is -0.0884. The Kier molecular flexibility index (Phi) is 3.25. The van der Waals surface area contributed by atoms with Crippen LogP contribution in [0.4, 0.5) is 5.69 Å². The van der Waals surface area contributed by atoms with Gasteiger partial charge in [-0.3, -0.25) is 4.72 Å². The Labute approximate surface area is 106 Å². The standard InChI is InChI=1S/C13H13NO3S/c1-10-6-5-9-12(15)13(10)14-18(16,17)11-7-3-2-4-8-11/h2-9,14-15H,1H3. The third kappa shape index (κ3) is 2.46. The SMILES string of the molecule is Cc1cccc(O)c1NS(=O)(=O)c1ccccc1. The van der Waals surface area contributed by atoms with Crippen LogP contribution in [0.1, 0.15) is 5.56 Å². The highest BCUT2D eigenvalue weighted by atomic mass is 32.2. The van der Waals surface area contributed by atoms with Crippen molar-refractivity contribution in [3.8, 4) is 5.75 Å². The predicted octanol–water partition coefficient (Wildman–Crippen LogP) is 2.50. The molecule has 0 aromatic heterocycles. The maximum absolute atomic E-state index is 12.1. The Bertz CT molecular complexity index is 631. The lowest BCUT2D eigenvalue weighted by atomic mass is 10.2. The Morgan fingerprint density at radius 2 is 1.67 bits per heavy atom. The quantitative estimate of drug-likeness (QED) is 0.836. The van der Waals surface area contributed by atoms with Crippen molar-refractivity contribution in [1.29, 1.82) is 0 Å². The molecule has 94 valence electrons. The highest BCUT2D eigenvalue weighted by Gasteiger charge is 2.16. The minimum Gasteiger partial charge on any atom is -0.506 e. The maximum atomic E-state index is 12.1. The molecule has 0 aliphatic rings. The molecule has 0 aliphatic heterocycles. The second-order valence-electron chi connectivity index (χ2n) is 3.89. The van der Waals surface area contributed by atoms with Crippen LogP contribution in [0.5, 0.6) is 5.75 Å². The van der Waals surface area contributed by atoms with E-state index in [0.29, 0.717) is 5.56 Å². The Morgan fingerprint density at radius 1 is 1.00 bits per heavy atom. The average molecular weight is 263 g/mol. The van der Waals surface area contributed by atoms with Crippen LogP contribution >= 0.6 is 0 Å². The molecule has 5 heteroatoms. The summed E-state index contributed by atoms with van der Waals surface area (Å²) < 4.78 is 26.6. The lowest BCUT2D eigenvalue weighted by molar-refractivity contribution is 0.477. The van der Waals surface area contributed by atoms with E-state index >= 15 is 0 Å². The van der Waals surface area contributed by atoms with Gasteiger partial charge in [-0.05, 0) is 30.7 Å². The summed E-state index contributed by atoms with van der Waals surface area (Å²) in [4.78, 5) is 0.160. The smallest absolute Gasteiger partial charge is 0.262 e. The highest BCUT2D eigenvalue weighted by molar-refractivity contribution is 7.92. The van der Waals surface area contributed by atoms with Gasteiger partial charge < -0.3 is 5.11 Å². The molecule has 0 atom stereocenters. The van der Waals surface area contributed by atoms with Crippen molar-refractivity contribution in [3.05, 3.63) is 54.1 Å². The van der Waals surface area contributed by atoms with E-state index in [1.807, 2.05) is 0 Å². The lowest BCUT2D eigenvalue weighted by Gasteiger charge is -2.11. The van der Waals surface area contributed by atoms with E-state index in [-0.39, 0.29) is 16.3 Å². The van der Waals surface area contributed by atoms with Crippen molar-refractivity contribution in [2.75, 3.05) is 4.72 Å². The fourth-order valence-electron chi connectivity index (χ4n) is 1.58. The number of sulfonamides is 1. The maximum Gasteiger partial charge on any atom is 0.262 e. The van der Waals surface area contributed by atoms with E-state index in [1.165, 1.54) is 18.2 Å². The van der Waals surface area contributed by atoms with Gasteiger partial charge in [0.15, 0.2) is 0 Å². The van der Waals surface area contributed by atoms with Crippen molar-refractivity contribution in [2.45, 2.75) is 11.8 Å². The molecule has 0 spiro atoms. The second kappa shape index (κ2) is 4.70. The summed E-state index contributed by atoms with van der Waals surface area (Å²) in [6.07, 6.45) is 0. The largest absolute Gasteiger partial charge is 0.506 e. The predicted molar refractivity (Wildman–Crippen MR) is 70.1 cm³/mol. The molecule has 2 rings (SSSR count). The number of para-hydroxylation sites is 1. The van der Waals surface area contributed by atoms with E-state index in [4.69, 9.17) is 0 Å². The van der Waals surface area contributed by atoms with Crippen molar-refractivity contribution >= 4 is 15.7 Å². The van der Waals surface area contributed by atoms with E-state index in [0.717, 1.165) is 0 Å². The normalized spacial score (nSPS) is 11.2. The molecule has 2 aromatic carbocycles. The minimum absolute atomic E-state index is 0.0884. The van der Waals surface area contributed by atoms with Gasteiger partial charge in [0.1, 0.15) is 5.75 Å². The van der Waals surface area contributed by atoms with Crippen LogP contribution in [-0.4, -0.2) is 13.5 Å². The summed E-state index contributed by atoms with van der Waals surface area (Å²) >= 11 is 0. The van der Waals surface area contributed by atoms with Crippen LogP contribution in [0.2, 0.25) is 0 Å².